The van der Waals surface area contributed by atoms with Crippen molar-refractivity contribution in [3.63, 3.8) is 0 Å². The predicted molar refractivity (Wildman–Crippen MR) is 201 cm³/mol. The fourth-order valence-corrected chi connectivity index (χ4v) is 8.01. The molecule has 1 saturated carbocycles. The Hall–Kier alpha value is -4.99. The van der Waals surface area contributed by atoms with Crippen molar-refractivity contribution in [1.29, 1.82) is 0 Å². The standard InChI is InChI=1S/C40H38ClF6N7O4/c1-18(55)38(57)50-37-31-27(41)10-8-24(34(31)53(4)52-37)23-6-5-22(11-12-39(2,3)58)48-32(23)28(15-19-13-20(42)16-21(43)14-19)49-29(56)17-54-35-30(33(51-54)36(44)45)25-7-9-26(25)40(35,46)47/h5-6,8,10,13-14,16,18,25-26,28-29,36,49,55-56,58H,7,9,15,17H2,1-4H3,(H,50,52,57)/t18-,25-,26+,28-,29?/m0/s1. The monoisotopic (exact) mass is 829 g/mol. The average molecular weight is 830 g/mol. The van der Waals surface area contributed by atoms with Gasteiger partial charge in [-0.25, -0.2) is 22.5 Å². The summed E-state index contributed by atoms with van der Waals surface area (Å²) in [6.07, 6.45) is -6.13. The lowest BCUT2D eigenvalue weighted by molar-refractivity contribution is -0.123. The molecule has 11 nitrogen and oxygen atoms in total. The maximum atomic E-state index is 15.7. The number of carbonyl (C=O) groups excluding carboxylic acids is 1. The molecule has 2 aliphatic rings. The molecule has 1 unspecified atom stereocenters. The van der Waals surface area contributed by atoms with Crippen molar-refractivity contribution < 1.29 is 46.5 Å². The van der Waals surface area contributed by atoms with E-state index >= 15 is 8.78 Å². The zero-order chi connectivity index (χ0) is 42.0. The van der Waals surface area contributed by atoms with Crippen molar-refractivity contribution >= 4 is 34.2 Å². The number of halogens is 7. The van der Waals surface area contributed by atoms with Crippen molar-refractivity contribution in [2.45, 2.75) is 88.8 Å². The van der Waals surface area contributed by atoms with Gasteiger partial charge in [-0.2, -0.15) is 19.0 Å². The van der Waals surface area contributed by atoms with Crippen molar-refractivity contribution in [2.75, 3.05) is 5.32 Å². The van der Waals surface area contributed by atoms with Crippen LogP contribution in [-0.2, 0) is 30.7 Å². The second-order valence-electron chi connectivity index (χ2n) is 15.2. The number of hydrogen-bond acceptors (Lipinski definition) is 8. The van der Waals surface area contributed by atoms with E-state index < -0.39 is 83.6 Å². The van der Waals surface area contributed by atoms with Gasteiger partial charge < -0.3 is 20.6 Å². The third-order valence-corrected chi connectivity index (χ3v) is 10.7. The molecule has 0 saturated heterocycles. The van der Waals surface area contributed by atoms with Crippen molar-refractivity contribution in [1.82, 2.24) is 29.9 Å². The Labute approximate surface area is 333 Å². The number of aliphatic hydroxyl groups is 3. The van der Waals surface area contributed by atoms with E-state index in [9.17, 15) is 37.7 Å². The summed E-state index contributed by atoms with van der Waals surface area (Å²) in [5, 5.41) is 46.0. The topological polar surface area (TPSA) is 150 Å². The second-order valence-corrected chi connectivity index (χ2v) is 15.6. The number of fused-ring (bicyclic) bond motifs is 4. The number of alkyl halides is 4. The number of hydrogen-bond donors (Lipinski definition) is 5. The average Bonchev–Trinajstić information content (AvgIpc) is 3.68. The number of carbonyl (C=O) groups is 1. The molecule has 0 aliphatic heterocycles. The fraction of sp³-hybridized carbons (Fsp3) is 0.400. The molecule has 0 spiro atoms. The third kappa shape index (κ3) is 7.79. The molecule has 3 heterocycles. The van der Waals surface area contributed by atoms with Crippen molar-refractivity contribution in [3.8, 4) is 23.0 Å². The molecular formula is C40H38ClF6N7O4. The maximum absolute atomic E-state index is 15.7. The highest BCUT2D eigenvalue weighted by atomic mass is 35.5. The summed E-state index contributed by atoms with van der Waals surface area (Å²) >= 11 is 6.65. The Balaban J connectivity index is 1.38. The van der Waals surface area contributed by atoms with Crippen LogP contribution < -0.4 is 10.6 Å². The molecule has 7 rings (SSSR count). The molecule has 5 atom stereocenters. The van der Waals surface area contributed by atoms with Gasteiger partial charge in [0.25, 0.3) is 18.3 Å². The molecule has 5 aromatic rings. The summed E-state index contributed by atoms with van der Waals surface area (Å²) in [5.41, 5.74) is -1.68. The van der Waals surface area contributed by atoms with E-state index in [1.807, 2.05) is 0 Å². The summed E-state index contributed by atoms with van der Waals surface area (Å²) < 4.78 is 91.1. The van der Waals surface area contributed by atoms with Crippen LogP contribution in [0.15, 0.2) is 42.5 Å². The predicted octanol–water partition coefficient (Wildman–Crippen LogP) is 6.63. The lowest BCUT2D eigenvalue weighted by atomic mass is 9.73. The summed E-state index contributed by atoms with van der Waals surface area (Å²) in [4.78, 5) is 17.3. The Morgan fingerprint density at radius 2 is 1.74 bits per heavy atom. The third-order valence-electron chi connectivity index (χ3n) is 10.4. The van der Waals surface area contributed by atoms with Gasteiger partial charge in [0.15, 0.2) is 5.82 Å². The van der Waals surface area contributed by atoms with Crippen LogP contribution in [-0.4, -0.2) is 63.7 Å². The van der Waals surface area contributed by atoms with Crippen molar-refractivity contribution in [3.05, 3.63) is 93.0 Å². The molecule has 2 aliphatic carbocycles. The molecule has 18 heteroatoms. The van der Waals surface area contributed by atoms with E-state index in [2.05, 4.69) is 32.7 Å². The van der Waals surface area contributed by atoms with Crippen LogP contribution in [0.5, 0.6) is 0 Å². The highest BCUT2D eigenvalue weighted by molar-refractivity contribution is 6.37. The Morgan fingerprint density at radius 3 is 2.36 bits per heavy atom. The molecule has 3 aromatic heterocycles. The van der Waals surface area contributed by atoms with Gasteiger partial charge in [0, 0.05) is 35.7 Å². The quantitative estimate of drug-likeness (QED) is 0.0566. The van der Waals surface area contributed by atoms with E-state index in [1.165, 1.54) is 37.6 Å². The normalized spacial score (nSPS) is 18.6. The zero-order valence-corrected chi connectivity index (χ0v) is 32.2. The molecule has 0 bridgehead atoms. The molecule has 58 heavy (non-hydrogen) atoms. The van der Waals surface area contributed by atoms with Crippen LogP contribution in [0.25, 0.3) is 22.0 Å². The number of aryl methyl sites for hydroxylation is 1. The minimum absolute atomic E-state index is 0.0258. The smallest absolute Gasteiger partial charge is 0.293 e. The molecule has 1 fully saturated rings. The van der Waals surface area contributed by atoms with E-state index in [-0.39, 0.29) is 51.6 Å². The zero-order valence-electron chi connectivity index (χ0n) is 31.5. The number of rotatable bonds is 11. The first-order valence-electron chi connectivity index (χ1n) is 18.3. The first-order chi connectivity index (χ1) is 27.2. The van der Waals surface area contributed by atoms with E-state index in [1.54, 1.807) is 19.2 Å². The number of aliphatic hydroxyl groups excluding tert-OH is 2. The van der Waals surface area contributed by atoms with E-state index in [0.29, 0.717) is 33.8 Å². The van der Waals surface area contributed by atoms with E-state index in [4.69, 9.17) is 16.6 Å². The largest absolute Gasteiger partial charge is 0.384 e. The Kier molecular flexibility index (Phi) is 10.9. The van der Waals surface area contributed by atoms with Gasteiger partial charge in [0.1, 0.15) is 46.6 Å². The lowest BCUT2D eigenvalue weighted by Gasteiger charge is -2.34. The number of aromatic nitrogens is 5. The first kappa shape index (κ1) is 41.2. The van der Waals surface area contributed by atoms with Gasteiger partial charge in [0.2, 0.25) is 0 Å². The highest BCUT2D eigenvalue weighted by Crippen LogP contribution is 2.63. The minimum Gasteiger partial charge on any atom is -0.384 e. The highest BCUT2D eigenvalue weighted by Gasteiger charge is 2.62. The van der Waals surface area contributed by atoms with Crippen LogP contribution in [0, 0.1) is 29.4 Å². The number of anilines is 1. The van der Waals surface area contributed by atoms with Crippen LogP contribution in [0.2, 0.25) is 5.02 Å². The molecule has 5 N–H and O–H groups in total. The number of amides is 1. The minimum atomic E-state index is -3.48. The number of pyridine rings is 1. The molecule has 0 radical (unpaired) electrons. The van der Waals surface area contributed by atoms with Gasteiger partial charge in [-0.3, -0.25) is 19.5 Å². The lowest BCUT2D eigenvalue weighted by Crippen LogP contribution is -2.39. The maximum Gasteiger partial charge on any atom is 0.293 e. The molecular weight excluding hydrogens is 792 g/mol. The van der Waals surface area contributed by atoms with Gasteiger partial charge in [-0.15, -0.1) is 0 Å². The molecule has 1 amide bonds. The van der Waals surface area contributed by atoms with E-state index in [0.717, 1.165) is 12.1 Å². The summed E-state index contributed by atoms with van der Waals surface area (Å²) in [6.45, 7) is 3.46. The SMILES string of the molecule is C[C@H](O)C(=O)Nc1nn(C)c2c(-c3ccc(C#CC(C)(C)O)nc3[C@H](Cc3cc(F)cc(F)c3)NC(O)Cn3nc(C(F)F)c4c3C(F)(F)[C@@H]3CC[C@H]43)ccc(Cl)c12. The van der Waals surface area contributed by atoms with Crippen LogP contribution >= 0.6 is 11.6 Å². The summed E-state index contributed by atoms with van der Waals surface area (Å²) in [6, 6.07) is 7.88. The van der Waals surface area contributed by atoms with Gasteiger partial charge >= 0.3 is 0 Å². The van der Waals surface area contributed by atoms with Crippen LogP contribution in [0.3, 0.4) is 0 Å². The number of benzene rings is 2. The number of nitrogens with zero attached hydrogens (tertiary/aromatic N) is 5. The van der Waals surface area contributed by atoms with Gasteiger partial charge in [-0.05, 0) is 87.8 Å². The molecule has 306 valence electrons. The number of nitrogens with one attached hydrogen (secondary N) is 2. The first-order valence-corrected chi connectivity index (χ1v) is 18.7. The molecule has 2 aromatic carbocycles. The van der Waals surface area contributed by atoms with Crippen LogP contribution in [0.4, 0.5) is 32.2 Å². The van der Waals surface area contributed by atoms with Crippen molar-refractivity contribution in [2.24, 2.45) is 13.0 Å². The Bertz CT molecular complexity index is 2470. The van der Waals surface area contributed by atoms with Gasteiger partial charge in [0.05, 0.1) is 34.2 Å². The second kappa shape index (κ2) is 15.3. The van der Waals surface area contributed by atoms with Crippen LogP contribution in [0.1, 0.15) is 85.9 Å². The summed E-state index contributed by atoms with van der Waals surface area (Å²) in [7, 11) is 1.57. The Morgan fingerprint density at radius 1 is 1.05 bits per heavy atom. The van der Waals surface area contributed by atoms with Gasteiger partial charge in [-0.1, -0.05) is 23.6 Å². The summed E-state index contributed by atoms with van der Waals surface area (Å²) in [5.74, 6) is -2.50. The fourth-order valence-electron chi connectivity index (χ4n) is 7.77.